The molecule has 1 aliphatic carbocycles. The van der Waals surface area contributed by atoms with E-state index in [-0.39, 0.29) is 18.2 Å². The number of carbonyl (C=O) groups is 1. The van der Waals surface area contributed by atoms with Gasteiger partial charge in [0, 0.05) is 17.1 Å². The van der Waals surface area contributed by atoms with E-state index in [9.17, 15) is 9.90 Å². The zero-order chi connectivity index (χ0) is 12.4. The number of benzene rings is 1. The van der Waals surface area contributed by atoms with E-state index in [0.717, 1.165) is 12.8 Å². The maximum atomic E-state index is 11.0. The zero-order valence-electron chi connectivity index (χ0n) is 9.19. The first-order valence-electron chi connectivity index (χ1n) is 5.52. The van der Waals surface area contributed by atoms with Gasteiger partial charge in [-0.1, -0.05) is 17.7 Å². The molecular weight excluding hydrogens is 242 g/mol. The molecule has 1 atom stereocenters. The summed E-state index contributed by atoms with van der Waals surface area (Å²) in [5.74, 6) is -0.555. The number of phenolic OH excluding ortho intramolecular Hbond substituents is 1. The lowest BCUT2D eigenvalue weighted by Gasteiger charge is -2.14. The third-order valence-electron chi connectivity index (χ3n) is 2.95. The molecule has 17 heavy (non-hydrogen) atoms. The lowest BCUT2D eigenvalue weighted by molar-refractivity contribution is -0.140. The number of aromatic hydroxyl groups is 1. The molecule has 0 saturated heterocycles. The number of phenols is 1. The van der Waals surface area contributed by atoms with Crippen LogP contribution in [0.2, 0.25) is 5.02 Å². The van der Waals surface area contributed by atoms with Crippen LogP contribution < -0.4 is 5.32 Å². The second-order valence-electron chi connectivity index (χ2n) is 4.27. The van der Waals surface area contributed by atoms with E-state index in [4.69, 9.17) is 16.7 Å². The molecule has 2 rings (SSSR count). The molecule has 0 heterocycles. The van der Waals surface area contributed by atoms with Crippen LogP contribution in [-0.2, 0) is 11.3 Å². The molecule has 1 aromatic carbocycles. The molecule has 92 valence electrons. The Morgan fingerprint density at radius 3 is 2.76 bits per heavy atom. The Morgan fingerprint density at radius 2 is 2.24 bits per heavy atom. The van der Waals surface area contributed by atoms with E-state index in [1.54, 1.807) is 12.1 Å². The summed E-state index contributed by atoms with van der Waals surface area (Å²) in [6, 6.07) is 4.31. The van der Waals surface area contributed by atoms with Crippen LogP contribution >= 0.6 is 11.6 Å². The fourth-order valence-corrected chi connectivity index (χ4v) is 2.06. The second-order valence-corrected chi connectivity index (χ2v) is 4.68. The Hall–Kier alpha value is -1.26. The van der Waals surface area contributed by atoms with Gasteiger partial charge in [0.25, 0.3) is 0 Å². The SMILES string of the molecule is O=C(O)C(NCc1c(O)cccc1Cl)C1CC1. The quantitative estimate of drug-likeness (QED) is 0.753. The van der Waals surface area contributed by atoms with E-state index in [2.05, 4.69) is 5.32 Å². The highest BCUT2D eigenvalue weighted by molar-refractivity contribution is 6.31. The Kier molecular flexibility index (Phi) is 3.54. The summed E-state index contributed by atoms with van der Waals surface area (Å²) in [7, 11) is 0. The Bertz CT molecular complexity index is 412. The van der Waals surface area contributed by atoms with Gasteiger partial charge in [0.2, 0.25) is 0 Å². The van der Waals surface area contributed by atoms with Crippen molar-refractivity contribution < 1.29 is 15.0 Å². The van der Waals surface area contributed by atoms with Crippen LogP contribution in [0.1, 0.15) is 18.4 Å². The van der Waals surface area contributed by atoms with Gasteiger partial charge < -0.3 is 10.2 Å². The van der Waals surface area contributed by atoms with E-state index in [1.165, 1.54) is 6.07 Å². The van der Waals surface area contributed by atoms with Crippen molar-refractivity contribution in [2.75, 3.05) is 0 Å². The summed E-state index contributed by atoms with van der Waals surface area (Å²) in [6.45, 7) is 0.263. The molecule has 5 heteroatoms. The first-order chi connectivity index (χ1) is 8.09. The normalized spacial score (nSPS) is 16.8. The Morgan fingerprint density at radius 1 is 1.53 bits per heavy atom. The maximum Gasteiger partial charge on any atom is 0.320 e. The molecule has 1 fully saturated rings. The number of hydrogen-bond donors (Lipinski definition) is 3. The van der Waals surface area contributed by atoms with Gasteiger partial charge in [0.05, 0.1) is 0 Å². The molecule has 0 spiro atoms. The van der Waals surface area contributed by atoms with Crippen molar-refractivity contribution in [3.8, 4) is 5.75 Å². The molecule has 4 nitrogen and oxygen atoms in total. The third-order valence-corrected chi connectivity index (χ3v) is 3.31. The lowest BCUT2D eigenvalue weighted by atomic mass is 10.1. The number of aliphatic carboxylic acids is 1. The van der Waals surface area contributed by atoms with Gasteiger partial charge >= 0.3 is 5.97 Å². The fraction of sp³-hybridized carbons (Fsp3) is 0.417. The highest BCUT2D eigenvalue weighted by Gasteiger charge is 2.35. The average molecular weight is 256 g/mol. The largest absolute Gasteiger partial charge is 0.508 e. The average Bonchev–Trinajstić information content (AvgIpc) is 3.06. The van der Waals surface area contributed by atoms with Crippen LogP contribution in [0.3, 0.4) is 0 Å². The van der Waals surface area contributed by atoms with Crippen molar-refractivity contribution >= 4 is 17.6 Å². The van der Waals surface area contributed by atoms with Gasteiger partial charge in [0.15, 0.2) is 0 Å². The molecular formula is C12H14ClNO3. The number of rotatable bonds is 5. The van der Waals surface area contributed by atoms with Gasteiger partial charge in [-0.05, 0) is 30.9 Å². The van der Waals surface area contributed by atoms with Gasteiger partial charge in [0.1, 0.15) is 11.8 Å². The van der Waals surface area contributed by atoms with Crippen LogP contribution in [0.25, 0.3) is 0 Å². The molecule has 0 amide bonds. The molecule has 0 bridgehead atoms. The van der Waals surface area contributed by atoms with Crippen molar-refractivity contribution in [3.63, 3.8) is 0 Å². The van der Waals surface area contributed by atoms with Gasteiger partial charge in [-0.15, -0.1) is 0 Å². The van der Waals surface area contributed by atoms with Crippen molar-refractivity contribution in [2.45, 2.75) is 25.4 Å². The first kappa shape index (κ1) is 12.2. The topological polar surface area (TPSA) is 69.6 Å². The van der Waals surface area contributed by atoms with Crippen molar-refractivity contribution in [1.29, 1.82) is 0 Å². The van der Waals surface area contributed by atoms with Crippen molar-refractivity contribution in [2.24, 2.45) is 5.92 Å². The first-order valence-corrected chi connectivity index (χ1v) is 5.90. The minimum Gasteiger partial charge on any atom is -0.508 e. The standard InChI is InChI=1S/C12H14ClNO3/c13-9-2-1-3-10(15)8(9)6-14-11(12(16)17)7-4-5-7/h1-3,7,11,14-15H,4-6H2,(H,16,17). The predicted octanol–water partition coefficient (Wildman–Crippen LogP) is 2.00. The summed E-state index contributed by atoms with van der Waals surface area (Å²) >= 11 is 5.94. The van der Waals surface area contributed by atoms with Crippen molar-refractivity contribution in [3.05, 3.63) is 28.8 Å². The third kappa shape index (κ3) is 2.90. The zero-order valence-corrected chi connectivity index (χ0v) is 9.94. The fourth-order valence-electron chi connectivity index (χ4n) is 1.82. The van der Waals surface area contributed by atoms with E-state index in [0.29, 0.717) is 10.6 Å². The molecule has 1 saturated carbocycles. The van der Waals surface area contributed by atoms with E-state index >= 15 is 0 Å². The van der Waals surface area contributed by atoms with Crippen LogP contribution in [0.4, 0.5) is 0 Å². The van der Waals surface area contributed by atoms with Crippen molar-refractivity contribution in [1.82, 2.24) is 5.32 Å². The molecule has 0 aromatic heterocycles. The van der Waals surface area contributed by atoms with E-state index in [1.807, 2.05) is 0 Å². The van der Waals surface area contributed by atoms with Gasteiger partial charge in [-0.2, -0.15) is 0 Å². The Labute approximate surface area is 104 Å². The highest BCUT2D eigenvalue weighted by atomic mass is 35.5. The minimum absolute atomic E-state index is 0.0879. The summed E-state index contributed by atoms with van der Waals surface area (Å²) < 4.78 is 0. The maximum absolute atomic E-state index is 11.0. The number of hydrogen-bond acceptors (Lipinski definition) is 3. The van der Waals surface area contributed by atoms with Crippen LogP contribution in [0.5, 0.6) is 5.75 Å². The molecule has 0 aliphatic heterocycles. The Balaban J connectivity index is 2.03. The van der Waals surface area contributed by atoms with Crippen LogP contribution in [0, 0.1) is 5.92 Å². The molecule has 3 N–H and O–H groups in total. The lowest BCUT2D eigenvalue weighted by Crippen LogP contribution is -2.38. The summed E-state index contributed by atoms with van der Waals surface area (Å²) in [6.07, 6.45) is 1.89. The number of halogens is 1. The number of nitrogens with one attached hydrogen (secondary N) is 1. The number of carboxylic acids is 1. The van der Waals surface area contributed by atoms with Gasteiger partial charge in [-0.3, -0.25) is 10.1 Å². The van der Waals surface area contributed by atoms with E-state index < -0.39 is 12.0 Å². The smallest absolute Gasteiger partial charge is 0.320 e. The molecule has 1 unspecified atom stereocenters. The summed E-state index contributed by atoms with van der Waals surface area (Å²) in [5.41, 5.74) is 0.543. The van der Waals surface area contributed by atoms with Gasteiger partial charge in [-0.25, -0.2) is 0 Å². The molecule has 1 aromatic rings. The van der Waals surface area contributed by atoms with Crippen LogP contribution in [0.15, 0.2) is 18.2 Å². The summed E-state index contributed by atoms with van der Waals surface area (Å²) in [5, 5.41) is 22.0. The number of carboxylic acid groups (broad SMARTS) is 1. The van der Waals surface area contributed by atoms with Crippen LogP contribution in [-0.4, -0.2) is 22.2 Å². The molecule has 0 radical (unpaired) electrons. The predicted molar refractivity (Wildman–Crippen MR) is 64.1 cm³/mol. The summed E-state index contributed by atoms with van der Waals surface area (Å²) in [4.78, 5) is 11.0. The minimum atomic E-state index is -0.848. The second kappa shape index (κ2) is 4.94. The highest BCUT2D eigenvalue weighted by Crippen LogP contribution is 2.33. The molecule has 1 aliphatic rings. The monoisotopic (exact) mass is 255 g/mol.